The molecule has 3 amide bonds. The minimum atomic E-state index is -0.603. The van der Waals surface area contributed by atoms with E-state index in [1.807, 2.05) is 30.3 Å². The number of anilines is 2. The number of urea groups is 1. The van der Waals surface area contributed by atoms with Crippen LogP contribution in [0.4, 0.5) is 16.2 Å². The molecule has 2 aliphatic heterocycles. The summed E-state index contributed by atoms with van der Waals surface area (Å²) in [5.41, 5.74) is 4.05. The molecule has 2 N–H and O–H groups in total. The van der Waals surface area contributed by atoms with Crippen molar-refractivity contribution in [3.63, 3.8) is 0 Å². The summed E-state index contributed by atoms with van der Waals surface area (Å²) in [6.07, 6.45) is 2.24. The molecule has 7 nitrogen and oxygen atoms in total. The van der Waals surface area contributed by atoms with Crippen molar-refractivity contribution in [3.05, 3.63) is 58.1 Å². The predicted molar refractivity (Wildman–Crippen MR) is 134 cm³/mol. The molecule has 2 unspecified atom stereocenters. The molecule has 176 valence electrons. The Morgan fingerprint density at radius 2 is 1.79 bits per heavy atom. The SMILES string of the molecule is COC1C[C@H](C(=O)Nc2ccc3c(c2)CC(C)N(C)CC3)N(C(=O)Nc2ccc(Br)cc2)C1. The van der Waals surface area contributed by atoms with E-state index in [9.17, 15) is 9.59 Å². The molecule has 2 heterocycles. The van der Waals surface area contributed by atoms with Crippen LogP contribution in [0.1, 0.15) is 24.5 Å². The van der Waals surface area contributed by atoms with E-state index in [1.165, 1.54) is 11.1 Å². The Balaban J connectivity index is 1.47. The van der Waals surface area contributed by atoms with Crippen molar-refractivity contribution in [2.75, 3.05) is 37.9 Å². The van der Waals surface area contributed by atoms with E-state index < -0.39 is 6.04 Å². The van der Waals surface area contributed by atoms with Crippen molar-refractivity contribution in [1.82, 2.24) is 9.80 Å². The van der Waals surface area contributed by atoms with E-state index in [4.69, 9.17) is 4.74 Å². The molecular weight excluding hydrogens is 484 g/mol. The van der Waals surface area contributed by atoms with Gasteiger partial charge in [-0.2, -0.15) is 0 Å². The van der Waals surface area contributed by atoms with Gasteiger partial charge in [0.2, 0.25) is 5.91 Å². The van der Waals surface area contributed by atoms with Crippen molar-refractivity contribution < 1.29 is 14.3 Å². The van der Waals surface area contributed by atoms with E-state index in [-0.39, 0.29) is 18.0 Å². The van der Waals surface area contributed by atoms with Crippen LogP contribution in [0.3, 0.4) is 0 Å². The Labute approximate surface area is 203 Å². The minimum absolute atomic E-state index is 0.181. The molecule has 0 spiro atoms. The quantitative estimate of drug-likeness (QED) is 0.643. The van der Waals surface area contributed by atoms with E-state index in [0.29, 0.717) is 24.7 Å². The van der Waals surface area contributed by atoms with Gasteiger partial charge in [0.15, 0.2) is 0 Å². The lowest BCUT2D eigenvalue weighted by Gasteiger charge is -2.24. The second-order valence-electron chi connectivity index (χ2n) is 8.96. The first-order valence-corrected chi connectivity index (χ1v) is 12.1. The minimum Gasteiger partial charge on any atom is -0.380 e. The Bertz CT molecular complexity index is 1010. The van der Waals surface area contributed by atoms with Crippen molar-refractivity contribution in [2.24, 2.45) is 0 Å². The summed E-state index contributed by atoms with van der Waals surface area (Å²) >= 11 is 3.39. The number of carbonyl (C=O) groups excluding carboxylic acids is 2. The highest BCUT2D eigenvalue weighted by Gasteiger charge is 2.40. The molecule has 33 heavy (non-hydrogen) atoms. The number of nitrogens with one attached hydrogen (secondary N) is 2. The molecule has 0 aliphatic carbocycles. The van der Waals surface area contributed by atoms with Gasteiger partial charge in [-0.1, -0.05) is 22.0 Å². The summed E-state index contributed by atoms with van der Waals surface area (Å²) in [6, 6.07) is 13.0. The summed E-state index contributed by atoms with van der Waals surface area (Å²) < 4.78 is 6.42. The van der Waals surface area contributed by atoms with Crippen LogP contribution in [0.2, 0.25) is 0 Å². The molecular formula is C25H31BrN4O3. The molecule has 0 saturated carbocycles. The van der Waals surface area contributed by atoms with Crippen LogP contribution in [0.25, 0.3) is 0 Å². The van der Waals surface area contributed by atoms with E-state index >= 15 is 0 Å². The number of methoxy groups -OCH3 is 1. The smallest absolute Gasteiger partial charge is 0.322 e. The molecule has 1 saturated heterocycles. The maximum Gasteiger partial charge on any atom is 0.322 e. The maximum atomic E-state index is 13.2. The van der Waals surface area contributed by atoms with Gasteiger partial charge in [0.1, 0.15) is 6.04 Å². The molecule has 2 aromatic carbocycles. The molecule has 8 heteroatoms. The van der Waals surface area contributed by atoms with E-state index in [1.54, 1.807) is 12.0 Å². The third-order valence-corrected chi connectivity index (χ3v) is 7.26. The topological polar surface area (TPSA) is 73.9 Å². The largest absolute Gasteiger partial charge is 0.380 e. The van der Waals surface area contributed by atoms with Crippen LogP contribution in [0.5, 0.6) is 0 Å². The Kier molecular flexibility index (Phi) is 7.36. The second kappa shape index (κ2) is 10.2. The average molecular weight is 515 g/mol. The van der Waals surface area contributed by atoms with Crippen LogP contribution in [-0.2, 0) is 22.4 Å². The number of fused-ring (bicyclic) bond motifs is 1. The lowest BCUT2D eigenvalue weighted by atomic mass is 10.00. The number of hydrogen-bond donors (Lipinski definition) is 2. The molecule has 0 aromatic heterocycles. The highest BCUT2D eigenvalue weighted by Crippen LogP contribution is 2.26. The van der Waals surface area contributed by atoms with Crippen molar-refractivity contribution in [2.45, 2.75) is 44.4 Å². The normalized spacial score (nSPS) is 23.0. The fourth-order valence-electron chi connectivity index (χ4n) is 4.52. The number of ether oxygens (including phenoxy) is 1. The van der Waals surface area contributed by atoms with Crippen LogP contribution in [-0.4, -0.2) is 67.2 Å². The Morgan fingerprint density at radius 3 is 2.52 bits per heavy atom. The first kappa shape index (κ1) is 23.7. The third-order valence-electron chi connectivity index (χ3n) is 6.73. The number of hydrogen-bond acceptors (Lipinski definition) is 4. The van der Waals surface area contributed by atoms with Crippen LogP contribution < -0.4 is 10.6 Å². The van der Waals surface area contributed by atoms with Gasteiger partial charge in [-0.25, -0.2) is 4.79 Å². The lowest BCUT2D eigenvalue weighted by Crippen LogP contribution is -2.45. The van der Waals surface area contributed by atoms with Gasteiger partial charge in [0.25, 0.3) is 0 Å². The monoisotopic (exact) mass is 514 g/mol. The first-order chi connectivity index (χ1) is 15.8. The number of likely N-dealkylation sites (N-methyl/N-ethyl adjacent to an activating group) is 1. The molecule has 0 bridgehead atoms. The van der Waals surface area contributed by atoms with Crippen LogP contribution in [0.15, 0.2) is 46.9 Å². The molecule has 2 aliphatic rings. The van der Waals surface area contributed by atoms with Crippen LogP contribution >= 0.6 is 15.9 Å². The summed E-state index contributed by atoms with van der Waals surface area (Å²) in [6.45, 7) is 3.62. The number of amides is 3. The zero-order valence-corrected chi connectivity index (χ0v) is 20.9. The average Bonchev–Trinajstić information content (AvgIpc) is 3.19. The zero-order chi connectivity index (χ0) is 23.5. The highest BCUT2D eigenvalue weighted by molar-refractivity contribution is 9.10. The fraction of sp³-hybridized carbons (Fsp3) is 0.440. The van der Waals surface area contributed by atoms with Gasteiger partial charge in [-0.3, -0.25) is 4.79 Å². The molecule has 1 fully saturated rings. The number of rotatable bonds is 4. The standard InChI is InChI=1S/C25H31BrN4O3/c1-16-12-18-13-21(7-4-17(18)10-11-29(16)2)27-24(31)23-14-22(33-3)15-30(23)25(32)28-20-8-5-19(26)6-9-20/h4-9,13,16,22-23H,10-12,14-15H2,1-3H3,(H,27,31)(H,28,32)/t16?,22?,23-/m1/s1. The zero-order valence-electron chi connectivity index (χ0n) is 19.3. The van der Waals surface area contributed by atoms with E-state index in [0.717, 1.165) is 29.5 Å². The number of benzene rings is 2. The van der Waals surface area contributed by atoms with Gasteiger partial charge in [0, 0.05) is 48.5 Å². The summed E-state index contributed by atoms with van der Waals surface area (Å²) in [7, 11) is 3.76. The van der Waals surface area contributed by atoms with Crippen molar-refractivity contribution >= 4 is 39.2 Å². The van der Waals surface area contributed by atoms with Gasteiger partial charge in [-0.05, 0) is 74.3 Å². The van der Waals surface area contributed by atoms with Crippen molar-refractivity contribution in [1.29, 1.82) is 0 Å². The molecule has 0 radical (unpaired) electrons. The van der Waals surface area contributed by atoms with Gasteiger partial charge in [0.05, 0.1) is 6.10 Å². The predicted octanol–water partition coefficient (Wildman–Crippen LogP) is 4.13. The van der Waals surface area contributed by atoms with Gasteiger partial charge < -0.3 is 25.2 Å². The first-order valence-electron chi connectivity index (χ1n) is 11.3. The number of likely N-dealkylation sites (tertiary alicyclic amines) is 1. The van der Waals surface area contributed by atoms with Crippen molar-refractivity contribution in [3.8, 4) is 0 Å². The maximum absolute atomic E-state index is 13.2. The van der Waals surface area contributed by atoms with E-state index in [2.05, 4.69) is 57.6 Å². The molecule has 3 atom stereocenters. The summed E-state index contributed by atoms with van der Waals surface area (Å²) in [4.78, 5) is 30.2. The number of nitrogens with zero attached hydrogens (tertiary/aromatic N) is 2. The molecule has 2 aromatic rings. The highest BCUT2D eigenvalue weighted by atomic mass is 79.9. The lowest BCUT2D eigenvalue weighted by molar-refractivity contribution is -0.119. The van der Waals surface area contributed by atoms with Crippen LogP contribution in [0, 0.1) is 0 Å². The molecule has 4 rings (SSSR count). The third kappa shape index (κ3) is 5.57. The second-order valence-corrected chi connectivity index (χ2v) is 9.87. The Morgan fingerprint density at radius 1 is 1.06 bits per heavy atom. The van der Waals surface area contributed by atoms with Gasteiger partial charge >= 0.3 is 6.03 Å². The summed E-state index contributed by atoms with van der Waals surface area (Å²) in [5, 5.41) is 5.93. The Hall–Kier alpha value is -2.42. The fourth-order valence-corrected chi connectivity index (χ4v) is 4.79. The number of halogens is 1. The van der Waals surface area contributed by atoms with Gasteiger partial charge in [-0.15, -0.1) is 0 Å². The summed E-state index contributed by atoms with van der Waals surface area (Å²) in [5.74, 6) is -0.195. The number of carbonyl (C=O) groups is 2.